The van der Waals surface area contributed by atoms with Crippen LogP contribution >= 0.6 is 11.6 Å². The highest BCUT2D eigenvalue weighted by Gasteiger charge is 2.46. The molecule has 0 saturated carbocycles. The van der Waals surface area contributed by atoms with Gasteiger partial charge in [-0.1, -0.05) is 48.0 Å². The van der Waals surface area contributed by atoms with Gasteiger partial charge in [-0.15, -0.1) is 0 Å². The number of nitrogens with zero attached hydrogens (tertiary/aromatic N) is 2. The van der Waals surface area contributed by atoms with Crippen molar-refractivity contribution in [2.24, 2.45) is 0 Å². The third-order valence-corrected chi connectivity index (χ3v) is 5.29. The van der Waals surface area contributed by atoms with Gasteiger partial charge in [0.15, 0.2) is 0 Å². The van der Waals surface area contributed by atoms with Crippen LogP contribution in [-0.2, 0) is 6.54 Å². The van der Waals surface area contributed by atoms with E-state index in [0.717, 1.165) is 12.6 Å². The van der Waals surface area contributed by atoms with Crippen LogP contribution in [0.4, 0.5) is 0 Å². The zero-order chi connectivity index (χ0) is 14.2. The van der Waals surface area contributed by atoms with Crippen molar-refractivity contribution < 1.29 is 0 Å². The van der Waals surface area contributed by atoms with Gasteiger partial charge in [-0.05, 0) is 36.5 Å². The van der Waals surface area contributed by atoms with E-state index in [0.29, 0.717) is 17.1 Å². The molecule has 3 atom stereocenters. The Morgan fingerprint density at radius 3 is 2.71 bits per heavy atom. The largest absolute Gasteiger partial charge is 0.293 e. The molecule has 0 N–H and O–H groups in total. The van der Waals surface area contributed by atoms with Crippen molar-refractivity contribution in [3.05, 3.63) is 64.9 Å². The van der Waals surface area contributed by atoms with E-state index in [1.54, 1.807) is 0 Å². The molecule has 21 heavy (non-hydrogen) atoms. The van der Waals surface area contributed by atoms with Gasteiger partial charge in [0, 0.05) is 30.7 Å². The second-order valence-electron chi connectivity index (χ2n) is 6.21. The van der Waals surface area contributed by atoms with E-state index in [-0.39, 0.29) is 0 Å². The van der Waals surface area contributed by atoms with Gasteiger partial charge >= 0.3 is 0 Å². The number of fused-ring (bicyclic) bond motifs is 2. The molecule has 2 saturated heterocycles. The van der Waals surface area contributed by atoms with Gasteiger partial charge in [-0.2, -0.15) is 0 Å². The number of halogens is 1. The second kappa shape index (κ2) is 5.43. The highest BCUT2D eigenvalue weighted by Crippen LogP contribution is 2.47. The lowest BCUT2D eigenvalue weighted by atomic mass is 9.85. The molecule has 3 heterocycles. The van der Waals surface area contributed by atoms with Crippen LogP contribution in [0.2, 0.25) is 5.15 Å². The van der Waals surface area contributed by atoms with Gasteiger partial charge in [0.2, 0.25) is 0 Å². The first-order chi connectivity index (χ1) is 10.3. The van der Waals surface area contributed by atoms with Crippen LogP contribution in [0, 0.1) is 0 Å². The first-order valence-electron chi connectivity index (χ1n) is 7.72. The molecular weight excluding hydrogens is 280 g/mol. The van der Waals surface area contributed by atoms with Crippen LogP contribution in [0.3, 0.4) is 0 Å². The van der Waals surface area contributed by atoms with E-state index in [1.165, 1.54) is 30.4 Å². The molecule has 0 spiro atoms. The van der Waals surface area contributed by atoms with Crippen molar-refractivity contribution in [1.82, 2.24) is 9.88 Å². The van der Waals surface area contributed by atoms with E-state index in [2.05, 4.69) is 46.3 Å². The van der Waals surface area contributed by atoms with Crippen molar-refractivity contribution in [1.29, 1.82) is 0 Å². The summed E-state index contributed by atoms with van der Waals surface area (Å²) >= 11 is 5.91. The Hall–Kier alpha value is -1.38. The Bertz CT molecular complexity index is 611. The third kappa shape index (κ3) is 2.47. The molecule has 0 aliphatic carbocycles. The molecule has 2 nitrogen and oxygen atoms in total. The van der Waals surface area contributed by atoms with Crippen LogP contribution in [0.15, 0.2) is 48.7 Å². The summed E-state index contributed by atoms with van der Waals surface area (Å²) in [6.07, 6.45) is 5.88. The Morgan fingerprint density at radius 1 is 1.10 bits per heavy atom. The molecule has 2 aliphatic rings. The topological polar surface area (TPSA) is 16.1 Å². The van der Waals surface area contributed by atoms with Crippen LogP contribution in [-0.4, -0.2) is 22.0 Å². The van der Waals surface area contributed by atoms with E-state index in [1.807, 2.05) is 12.3 Å². The molecule has 1 aromatic heterocycles. The van der Waals surface area contributed by atoms with E-state index in [4.69, 9.17) is 11.6 Å². The Labute approximate surface area is 130 Å². The number of aromatic nitrogens is 1. The molecular formula is C18H19ClN2. The fraction of sp³-hybridized carbons (Fsp3) is 0.389. The first kappa shape index (κ1) is 13.3. The maximum atomic E-state index is 5.91. The Balaban J connectivity index is 1.55. The smallest absolute Gasteiger partial charge is 0.129 e. The van der Waals surface area contributed by atoms with Gasteiger partial charge in [0.25, 0.3) is 0 Å². The standard InChI is InChI=1S/C18H19ClN2/c19-18-9-6-14(11-20-18)16-10-15-7-8-17(16)21(15)12-13-4-2-1-3-5-13/h1-6,9,11,15-17H,7-8,10,12H2/t15-,16-,17+/m0/s1. The molecule has 2 aromatic rings. The maximum absolute atomic E-state index is 5.91. The van der Waals surface area contributed by atoms with Crippen molar-refractivity contribution in [2.75, 3.05) is 0 Å². The molecule has 2 fully saturated rings. The average Bonchev–Trinajstić information content (AvgIpc) is 3.06. The SMILES string of the molecule is Clc1ccc([C@@H]2C[C@@H]3CC[C@H]2N3Cc2ccccc2)cn1. The van der Waals surface area contributed by atoms with Gasteiger partial charge < -0.3 is 0 Å². The zero-order valence-electron chi connectivity index (χ0n) is 12.0. The van der Waals surface area contributed by atoms with E-state index in [9.17, 15) is 0 Å². The molecule has 0 radical (unpaired) electrons. The highest BCUT2D eigenvalue weighted by molar-refractivity contribution is 6.29. The van der Waals surface area contributed by atoms with E-state index >= 15 is 0 Å². The molecule has 3 heteroatoms. The predicted molar refractivity (Wildman–Crippen MR) is 85.4 cm³/mol. The van der Waals surface area contributed by atoms with Crippen LogP contribution in [0.1, 0.15) is 36.3 Å². The predicted octanol–water partition coefficient (Wildman–Crippen LogP) is 4.26. The van der Waals surface area contributed by atoms with Crippen LogP contribution < -0.4 is 0 Å². The quantitative estimate of drug-likeness (QED) is 0.787. The molecule has 0 unspecified atom stereocenters. The normalized spacial score (nSPS) is 28.1. The number of pyridine rings is 1. The monoisotopic (exact) mass is 298 g/mol. The minimum atomic E-state index is 0.586. The van der Waals surface area contributed by atoms with Crippen LogP contribution in [0.5, 0.6) is 0 Å². The summed E-state index contributed by atoms with van der Waals surface area (Å²) in [6, 6.07) is 16.3. The lowest BCUT2D eigenvalue weighted by molar-refractivity contribution is 0.239. The number of hydrogen-bond acceptors (Lipinski definition) is 2. The number of rotatable bonds is 3. The number of hydrogen-bond donors (Lipinski definition) is 0. The summed E-state index contributed by atoms with van der Waals surface area (Å²) in [5, 5.41) is 0.586. The molecule has 0 amide bonds. The summed E-state index contributed by atoms with van der Waals surface area (Å²) in [7, 11) is 0. The fourth-order valence-corrected chi connectivity index (χ4v) is 4.22. The van der Waals surface area contributed by atoms with Gasteiger partial charge in [-0.25, -0.2) is 4.98 Å². The maximum Gasteiger partial charge on any atom is 0.129 e. The second-order valence-corrected chi connectivity index (χ2v) is 6.60. The Morgan fingerprint density at radius 2 is 1.95 bits per heavy atom. The van der Waals surface area contributed by atoms with Gasteiger partial charge in [0.1, 0.15) is 5.15 Å². The molecule has 4 rings (SSSR count). The summed E-state index contributed by atoms with van der Waals surface area (Å²) < 4.78 is 0. The zero-order valence-corrected chi connectivity index (χ0v) is 12.7. The Kier molecular flexibility index (Phi) is 3.44. The summed E-state index contributed by atoms with van der Waals surface area (Å²) in [4.78, 5) is 6.97. The molecule has 2 aliphatic heterocycles. The lowest BCUT2D eigenvalue weighted by Gasteiger charge is -2.24. The summed E-state index contributed by atoms with van der Waals surface area (Å²) in [5.74, 6) is 0.622. The van der Waals surface area contributed by atoms with Crippen molar-refractivity contribution in [2.45, 2.75) is 43.8 Å². The molecule has 2 bridgehead atoms. The summed E-state index contributed by atoms with van der Waals surface area (Å²) in [5.41, 5.74) is 2.77. The van der Waals surface area contributed by atoms with Gasteiger partial charge in [0.05, 0.1) is 0 Å². The van der Waals surface area contributed by atoms with Crippen molar-refractivity contribution in [3.63, 3.8) is 0 Å². The van der Waals surface area contributed by atoms with Crippen molar-refractivity contribution >= 4 is 11.6 Å². The average molecular weight is 299 g/mol. The van der Waals surface area contributed by atoms with E-state index < -0.39 is 0 Å². The summed E-state index contributed by atoms with van der Waals surface area (Å²) in [6.45, 7) is 1.08. The number of benzene rings is 1. The molecule has 1 aromatic carbocycles. The third-order valence-electron chi connectivity index (χ3n) is 5.07. The minimum absolute atomic E-state index is 0.586. The van der Waals surface area contributed by atoms with Crippen LogP contribution in [0.25, 0.3) is 0 Å². The molecule has 108 valence electrons. The van der Waals surface area contributed by atoms with Gasteiger partial charge in [-0.3, -0.25) is 4.90 Å². The minimum Gasteiger partial charge on any atom is -0.293 e. The lowest BCUT2D eigenvalue weighted by Crippen LogP contribution is -2.29. The fourth-order valence-electron chi connectivity index (χ4n) is 4.11. The van der Waals surface area contributed by atoms with Crippen molar-refractivity contribution in [3.8, 4) is 0 Å². The first-order valence-corrected chi connectivity index (χ1v) is 8.10. The highest BCUT2D eigenvalue weighted by atomic mass is 35.5.